The Bertz CT molecular complexity index is 460. The zero-order valence-corrected chi connectivity index (χ0v) is 12.9. The number of nitrogens with one attached hydrogen (secondary N) is 1. The van der Waals surface area contributed by atoms with Crippen molar-refractivity contribution in [1.29, 1.82) is 0 Å². The molecule has 1 unspecified atom stereocenters. The van der Waals surface area contributed by atoms with Crippen molar-refractivity contribution in [1.82, 2.24) is 10.2 Å². The highest BCUT2D eigenvalue weighted by atomic mass is 16.4. The van der Waals surface area contributed by atoms with Crippen LogP contribution in [0.5, 0.6) is 0 Å². The lowest BCUT2D eigenvalue weighted by atomic mass is 9.99. The molecule has 0 fully saturated rings. The molecule has 0 heterocycles. The molecule has 0 aromatic heterocycles. The van der Waals surface area contributed by atoms with Crippen LogP contribution in [0.2, 0.25) is 0 Å². The molecular weight excluding hydrogens is 268 g/mol. The normalized spacial score (nSPS) is 12.0. The average Bonchev–Trinajstić information content (AvgIpc) is 2.45. The summed E-state index contributed by atoms with van der Waals surface area (Å²) in [6, 6.07) is 8.70. The van der Waals surface area contributed by atoms with Crippen LogP contribution in [0.1, 0.15) is 31.7 Å². The highest BCUT2D eigenvalue weighted by Crippen LogP contribution is 2.14. The summed E-state index contributed by atoms with van der Waals surface area (Å²) < 4.78 is 0. The molecular formula is C16H24N2O3. The van der Waals surface area contributed by atoms with E-state index in [0.717, 1.165) is 6.42 Å². The van der Waals surface area contributed by atoms with Crippen LogP contribution in [-0.4, -0.2) is 42.1 Å². The first-order valence-corrected chi connectivity index (χ1v) is 7.18. The van der Waals surface area contributed by atoms with E-state index in [-0.39, 0.29) is 12.6 Å². The second-order valence-electron chi connectivity index (χ2n) is 5.59. The van der Waals surface area contributed by atoms with Crippen LogP contribution in [-0.2, 0) is 4.79 Å². The van der Waals surface area contributed by atoms with E-state index in [1.807, 2.05) is 6.07 Å². The third-order valence-electron chi connectivity index (χ3n) is 3.35. The third-order valence-corrected chi connectivity index (χ3v) is 3.35. The lowest BCUT2D eigenvalue weighted by Gasteiger charge is -2.20. The van der Waals surface area contributed by atoms with Crippen molar-refractivity contribution in [2.24, 2.45) is 5.92 Å². The summed E-state index contributed by atoms with van der Waals surface area (Å²) in [5.74, 6) is -1.14. The Morgan fingerprint density at radius 1 is 1.24 bits per heavy atom. The molecule has 0 radical (unpaired) electrons. The molecule has 0 saturated heterocycles. The Labute approximate surface area is 126 Å². The number of amides is 2. The largest absolute Gasteiger partial charge is 0.481 e. The first kappa shape index (κ1) is 17.0. The number of nitrogens with zero attached hydrogens (tertiary/aromatic N) is 1. The van der Waals surface area contributed by atoms with Crippen LogP contribution in [0, 0.1) is 5.92 Å². The Hall–Kier alpha value is -2.04. The minimum atomic E-state index is -0.939. The fraction of sp³-hybridized carbons (Fsp3) is 0.500. The Morgan fingerprint density at radius 3 is 2.38 bits per heavy atom. The number of urea groups is 1. The van der Waals surface area contributed by atoms with Crippen LogP contribution < -0.4 is 5.32 Å². The lowest BCUT2D eigenvalue weighted by Crippen LogP contribution is -2.41. The molecule has 116 valence electrons. The zero-order chi connectivity index (χ0) is 15.8. The first-order valence-electron chi connectivity index (χ1n) is 7.18. The number of carboxylic acid groups (broad SMARTS) is 1. The predicted molar refractivity (Wildman–Crippen MR) is 82.3 cm³/mol. The van der Waals surface area contributed by atoms with Crippen molar-refractivity contribution in [2.45, 2.75) is 26.2 Å². The van der Waals surface area contributed by atoms with Crippen LogP contribution >= 0.6 is 0 Å². The molecule has 5 nitrogen and oxygen atoms in total. The SMILES string of the molecule is CC(C)CCN(C)C(=O)NCC(C(=O)O)c1ccccc1. The Morgan fingerprint density at radius 2 is 1.86 bits per heavy atom. The van der Waals surface area contributed by atoms with Crippen LogP contribution in [0.25, 0.3) is 0 Å². The number of carbonyl (C=O) groups excluding carboxylic acids is 1. The molecule has 0 saturated carbocycles. The van der Waals surface area contributed by atoms with E-state index in [0.29, 0.717) is 18.0 Å². The number of carbonyl (C=O) groups is 2. The van der Waals surface area contributed by atoms with Gasteiger partial charge in [0.1, 0.15) is 0 Å². The zero-order valence-electron chi connectivity index (χ0n) is 12.9. The minimum Gasteiger partial charge on any atom is -0.481 e. The van der Waals surface area contributed by atoms with E-state index in [4.69, 9.17) is 0 Å². The van der Waals surface area contributed by atoms with Gasteiger partial charge in [0.15, 0.2) is 0 Å². The molecule has 1 rings (SSSR count). The summed E-state index contributed by atoms with van der Waals surface area (Å²) in [7, 11) is 1.72. The second-order valence-corrected chi connectivity index (χ2v) is 5.59. The van der Waals surface area contributed by atoms with Gasteiger partial charge in [-0.1, -0.05) is 44.2 Å². The van der Waals surface area contributed by atoms with Crippen molar-refractivity contribution in [3.8, 4) is 0 Å². The summed E-state index contributed by atoms with van der Waals surface area (Å²) in [5, 5.41) is 12.0. The molecule has 2 amide bonds. The van der Waals surface area contributed by atoms with Crippen LogP contribution in [0.4, 0.5) is 4.79 Å². The maximum Gasteiger partial charge on any atom is 0.317 e. The second kappa shape index (κ2) is 8.29. The monoisotopic (exact) mass is 292 g/mol. The Kier molecular flexibility index (Phi) is 6.72. The fourth-order valence-electron chi connectivity index (χ4n) is 1.91. The summed E-state index contributed by atoms with van der Waals surface area (Å²) in [5.41, 5.74) is 0.690. The lowest BCUT2D eigenvalue weighted by molar-refractivity contribution is -0.138. The summed E-state index contributed by atoms with van der Waals surface area (Å²) in [6.07, 6.45) is 0.922. The van der Waals surface area contributed by atoms with E-state index < -0.39 is 11.9 Å². The maximum absolute atomic E-state index is 11.9. The van der Waals surface area contributed by atoms with Crippen molar-refractivity contribution in [3.63, 3.8) is 0 Å². The van der Waals surface area contributed by atoms with E-state index in [2.05, 4.69) is 19.2 Å². The first-order chi connectivity index (χ1) is 9.91. The van der Waals surface area contributed by atoms with E-state index in [1.54, 1.807) is 36.2 Å². The van der Waals surface area contributed by atoms with Crippen LogP contribution in [0.15, 0.2) is 30.3 Å². The molecule has 21 heavy (non-hydrogen) atoms. The van der Waals surface area contributed by atoms with Crippen molar-refractivity contribution in [2.75, 3.05) is 20.1 Å². The van der Waals surface area contributed by atoms with Crippen molar-refractivity contribution in [3.05, 3.63) is 35.9 Å². The number of benzene rings is 1. The van der Waals surface area contributed by atoms with Gasteiger partial charge in [0.25, 0.3) is 0 Å². The van der Waals surface area contributed by atoms with Gasteiger partial charge in [-0.2, -0.15) is 0 Å². The standard InChI is InChI=1S/C16H24N2O3/c1-12(2)9-10-18(3)16(21)17-11-14(15(19)20)13-7-5-4-6-8-13/h4-8,12,14H,9-11H2,1-3H3,(H,17,21)(H,19,20). The third kappa shape index (κ3) is 5.85. The van der Waals surface area contributed by atoms with E-state index in [1.165, 1.54) is 0 Å². The average molecular weight is 292 g/mol. The Balaban J connectivity index is 2.54. The predicted octanol–water partition coefficient (Wildman–Crippen LogP) is 2.54. The summed E-state index contributed by atoms with van der Waals surface area (Å²) >= 11 is 0. The van der Waals surface area contributed by atoms with Crippen LogP contribution in [0.3, 0.4) is 0 Å². The summed E-state index contributed by atoms with van der Waals surface area (Å²) in [4.78, 5) is 24.9. The van der Waals surface area contributed by atoms with Gasteiger partial charge in [0.05, 0.1) is 5.92 Å². The number of hydrogen-bond acceptors (Lipinski definition) is 2. The number of hydrogen-bond donors (Lipinski definition) is 2. The van der Waals surface area contributed by atoms with Crippen molar-refractivity contribution < 1.29 is 14.7 Å². The van der Waals surface area contributed by atoms with Gasteiger partial charge in [-0.25, -0.2) is 4.79 Å². The molecule has 0 spiro atoms. The fourth-order valence-corrected chi connectivity index (χ4v) is 1.91. The number of rotatable bonds is 7. The molecule has 0 bridgehead atoms. The molecule has 0 aliphatic rings. The van der Waals surface area contributed by atoms with Gasteiger partial charge in [-0.3, -0.25) is 4.79 Å². The van der Waals surface area contributed by atoms with Gasteiger partial charge in [0, 0.05) is 20.1 Å². The minimum absolute atomic E-state index is 0.0875. The maximum atomic E-state index is 11.9. The highest BCUT2D eigenvalue weighted by Gasteiger charge is 2.21. The van der Waals surface area contributed by atoms with E-state index >= 15 is 0 Å². The number of carboxylic acids is 1. The van der Waals surface area contributed by atoms with Gasteiger partial charge in [-0.05, 0) is 17.9 Å². The molecule has 5 heteroatoms. The highest BCUT2D eigenvalue weighted by molar-refractivity contribution is 5.79. The van der Waals surface area contributed by atoms with Crippen molar-refractivity contribution >= 4 is 12.0 Å². The van der Waals surface area contributed by atoms with Gasteiger partial charge in [-0.15, -0.1) is 0 Å². The molecule has 1 aromatic carbocycles. The van der Waals surface area contributed by atoms with E-state index in [9.17, 15) is 14.7 Å². The topological polar surface area (TPSA) is 69.6 Å². The summed E-state index contributed by atoms with van der Waals surface area (Å²) in [6.45, 7) is 4.94. The molecule has 1 aromatic rings. The molecule has 0 aliphatic heterocycles. The quantitative estimate of drug-likeness (QED) is 0.811. The van der Waals surface area contributed by atoms with Gasteiger partial charge >= 0.3 is 12.0 Å². The molecule has 0 aliphatic carbocycles. The molecule has 1 atom stereocenters. The van der Waals surface area contributed by atoms with Gasteiger partial charge < -0.3 is 15.3 Å². The van der Waals surface area contributed by atoms with Gasteiger partial charge in [0.2, 0.25) is 0 Å². The molecule has 2 N–H and O–H groups in total. The number of aliphatic carboxylic acids is 1. The smallest absolute Gasteiger partial charge is 0.317 e.